The molecule has 2 aromatic rings. The molecule has 0 aliphatic rings. The van der Waals surface area contributed by atoms with Gasteiger partial charge in [0.2, 0.25) is 5.78 Å². The minimum atomic E-state index is -0.361. The van der Waals surface area contributed by atoms with E-state index in [0.29, 0.717) is 17.1 Å². The molecule has 0 bridgehead atoms. The van der Waals surface area contributed by atoms with Gasteiger partial charge in [-0.2, -0.15) is 0 Å². The highest BCUT2D eigenvalue weighted by molar-refractivity contribution is 5.95. The van der Waals surface area contributed by atoms with Gasteiger partial charge in [0.05, 0.1) is 14.2 Å². The van der Waals surface area contributed by atoms with Crippen LogP contribution >= 0.6 is 0 Å². The van der Waals surface area contributed by atoms with Gasteiger partial charge in [0.1, 0.15) is 24.6 Å². The lowest BCUT2D eigenvalue weighted by Gasteiger charge is -2.03. The van der Waals surface area contributed by atoms with Crippen LogP contribution in [-0.2, 0) is 22.5 Å². The number of aromatic amines is 1. The molecule has 1 aromatic heterocycles. The Bertz CT molecular complexity index is 649. The number of esters is 1. The first kappa shape index (κ1) is 14.8. The monoisotopic (exact) mass is 289 g/mol. The van der Waals surface area contributed by atoms with Crippen LogP contribution in [0.3, 0.4) is 0 Å². The van der Waals surface area contributed by atoms with Crippen LogP contribution in [0.15, 0.2) is 36.7 Å². The summed E-state index contributed by atoms with van der Waals surface area (Å²) in [5, 5.41) is 0. The molecule has 1 heterocycles. The molecule has 0 fully saturated rings. The number of methoxy groups -OCH3 is 2. The molecule has 21 heavy (non-hydrogen) atoms. The maximum atomic E-state index is 12.3. The molecule has 0 aliphatic heterocycles. The zero-order valence-corrected chi connectivity index (χ0v) is 12.0. The van der Waals surface area contributed by atoms with Crippen molar-refractivity contribution in [1.82, 2.24) is 4.98 Å². The predicted molar refractivity (Wildman–Crippen MR) is 74.0 cm³/mol. The van der Waals surface area contributed by atoms with E-state index in [9.17, 15) is 9.59 Å². The van der Waals surface area contributed by atoms with Crippen molar-refractivity contribution in [3.8, 4) is 5.75 Å². The van der Waals surface area contributed by atoms with Crippen LogP contribution in [0.2, 0.25) is 0 Å². The van der Waals surface area contributed by atoms with E-state index in [1.807, 2.05) is 0 Å². The summed E-state index contributed by atoms with van der Waals surface area (Å²) in [7, 11) is 2.88. The fourth-order valence-corrected chi connectivity index (χ4v) is 1.95. The van der Waals surface area contributed by atoms with Gasteiger partial charge in [0.15, 0.2) is 6.54 Å². The van der Waals surface area contributed by atoms with Crippen molar-refractivity contribution in [2.45, 2.75) is 13.0 Å². The highest BCUT2D eigenvalue weighted by atomic mass is 16.5. The van der Waals surface area contributed by atoms with Gasteiger partial charge in [-0.3, -0.25) is 9.59 Å². The number of hydrogen-bond donors (Lipinski definition) is 1. The number of H-pyrrole nitrogens is 1. The maximum absolute atomic E-state index is 12.3. The third-order valence-electron chi connectivity index (χ3n) is 3.10. The second-order valence-corrected chi connectivity index (χ2v) is 4.44. The van der Waals surface area contributed by atoms with E-state index < -0.39 is 0 Å². The van der Waals surface area contributed by atoms with E-state index >= 15 is 0 Å². The lowest BCUT2D eigenvalue weighted by molar-refractivity contribution is -0.688. The van der Waals surface area contributed by atoms with Crippen LogP contribution in [0.4, 0.5) is 0 Å². The lowest BCUT2D eigenvalue weighted by atomic mass is 10.1. The number of nitrogens with zero attached hydrogens (tertiary/aromatic N) is 1. The summed E-state index contributed by atoms with van der Waals surface area (Å²) in [5.74, 6) is 0.831. The zero-order valence-electron chi connectivity index (χ0n) is 12.0. The Morgan fingerprint density at radius 2 is 2.10 bits per heavy atom. The zero-order chi connectivity index (χ0) is 15.2. The molecule has 0 atom stereocenters. The molecule has 110 valence electrons. The summed E-state index contributed by atoms with van der Waals surface area (Å²) in [4.78, 5) is 26.5. The predicted octanol–water partition coefficient (Wildman–Crippen LogP) is 0.909. The van der Waals surface area contributed by atoms with Gasteiger partial charge in [-0.05, 0) is 12.1 Å². The van der Waals surface area contributed by atoms with Crippen molar-refractivity contribution in [2.75, 3.05) is 14.2 Å². The van der Waals surface area contributed by atoms with E-state index in [0.717, 1.165) is 0 Å². The number of benzene rings is 1. The number of aromatic nitrogens is 2. The quantitative estimate of drug-likeness (QED) is 0.487. The SMILES string of the molecule is COC(=O)Cc1[nH]cc[n+]1CC(=O)c1cccc(OC)c1. The Balaban J connectivity index is 2.12. The number of carbonyl (C=O) groups excluding carboxylic acids is 2. The second-order valence-electron chi connectivity index (χ2n) is 4.44. The molecule has 1 aromatic carbocycles. The van der Waals surface area contributed by atoms with E-state index in [-0.39, 0.29) is 24.7 Å². The maximum Gasteiger partial charge on any atom is 0.317 e. The first-order valence-corrected chi connectivity index (χ1v) is 6.44. The average molecular weight is 289 g/mol. The highest BCUT2D eigenvalue weighted by Crippen LogP contribution is 2.13. The number of carbonyl (C=O) groups is 2. The molecule has 6 nitrogen and oxygen atoms in total. The molecule has 0 saturated carbocycles. The summed E-state index contributed by atoms with van der Waals surface area (Å²) < 4.78 is 11.4. The molecule has 1 N–H and O–H groups in total. The van der Waals surface area contributed by atoms with Crippen LogP contribution in [0, 0.1) is 0 Å². The fraction of sp³-hybridized carbons (Fsp3) is 0.267. The first-order valence-electron chi connectivity index (χ1n) is 6.44. The number of ether oxygens (including phenoxy) is 2. The molecule has 0 unspecified atom stereocenters. The van der Waals surface area contributed by atoms with Crippen molar-refractivity contribution in [2.24, 2.45) is 0 Å². The van der Waals surface area contributed by atoms with Gasteiger partial charge >= 0.3 is 5.97 Å². The lowest BCUT2D eigenvalue weighted by Crippen LogP contribution is -2.40. The number of hydrogen-bond acceptors (Lipinski definition) is 4. The Hall–Kier alpha value is -2.63. The van der Waals surface area contributed by atoms with Gasteiger partial charge in [-0.15, -0.1) is 0 Å². The van der Waals surface area contributed by atoms with Crippen molar-refractivity contribution >= 4 is 11.8 Å². The Labute approximate surface area is 122 Å². The van der Waals surface area contributed by atoms with Gasteiger partial charge < -0.3 is 9.47 Å². The summed E-state index contributed by atoms with van der Waals surface area (Å²) >= 11 is 0. The minimum absolute atomic E-state index is 0.0652. The van der Waals surface area contributed by atoms with Crippen LogP contribution in [0.5, 0.6) is 5.75 Å². The molecular formula is C15H17N2O4+. The number of nitrogens with one attached hydrogen (secondary N) is 1. The number of rotatable bonds is 6. The summed E-state index contributed by atoms with van der Waals surface area (Å²) in [6.07, 6.45) is 3.49. The van der Waals surface area contributed by atoms with E-state index in [4.69, 9.17) is 4.74 Å². The average Bonchev–Trinajstić information content (AvgIpc) is 2.94. The highest BCUT2D eigenvalue weighted by Gasteiger charge is 2.19. The molecule has 2 rings (SSSR count). The molecule has 0 radical (unpaired) electrons. The molecule has 0 spiro atoms. The van der Waals surface area contributed by atoms with Crippen LogP contribution in [0.25, 0.3) is 0 Å². The smallest absolute Gasteiger partial charge is 0.317 e. The largest absolute Gasteiger partial charge is 0.497 e. The molecule has 0 amide bonds. The molecule has 0 aliphatic carbocycles. The number of ketones is 1. The van der Waals surface area contributed by atoms with Crippen LogP contribution in [0.1, 0.15) is 16.2 Å². The summed E-state index contributed by atoms with van der Waals surface area (Å²) in [5.41, 5.74) is 0.562. The van der Waals surface area contributed by atoms with Crippen molar-refractivity contribution in [1.29, 1.82) is 0 Å². The fourth-order valence-electron chi connectivity index (χ4n) is 1.95. The molecule has 0 saturated heterocycles. The number of imidazole rings is 1. The van der Waals surface area contributed by atoms with Crippen LogP contribution in [-0.4, -0.2) is 31.0 Å². The van der Waals surface area contributed by atoms with E-state index in [2.05, 4.69) is 9.72 Å². The Morgan fingerprint density at radius 1 is 1.29 bits per heavy atom. The summed E-state index contributed by atoms with van der Waals surface area (Å²) in [6, 6.07) is 6.97. The third kappa shape index (κ3) is 3.68. The normalized spacial score (nSPS) is 10.2. The van der Waals surface area contributed by atoms with Gasteiger partial charge in [-0.25, -0.2) is 9.55 Å². The topological polar surface area (TPSA) is 72.3 Å². The van der Waals surface area contributed by atoms with Crippen molar-refractivity contribution in [3.63, 3.8) is 0 Å². The van der Waals surface area contributed by atoms with Crippen molar-refractivity contribution < 1.29 is 23.6 Å². The Kier molecular flexibility index (Phi) is 4.71. The van der Waals surface area contributed by atoms with Gasteiger partial charge in [-0.1, -0.05) is 12.1 Å². The standard InChI is InChI=1S/C15H16N2O4/c1-20-12-5-3-4-11(8-12)13(18)10-17-7-6-16-14(17)9-15(19)21-2/h3-8H,9-10H2,1-2H3/p+1. The Morgan fingerprint density at radius 3 is 2.81 bits per heavy atom. The van der Waals surface area contributed by atoms with E-state index in [1.165, 1.54) is 7.11 Å². The first-order chi connectivity index (χ1) is 10.1. The van der Waals surface area contributed by atoms with Gasteiger partial charge in [0, 0.05) is 5.56 Å². The number of Topliss-reactive ketones (excluding diaryl/α,β-unsaturated/α-hetero) is 1. The minimum Gasteiger partial charge on any atom is -0.497 e. The van der Waals surface area contributed by atoms with E-state index in [1.54, 1.807) is 48.3 Å². The van der Waals surface area contributed by atoms with Crippen molar-refractivity contribution in [3.05, 3.63) is 48.0 Å². The third-order valence-corrected chi connectivity index (χ3v) is 3.10. The van der Waals surface area contributed by atoms with Crippen LogP contribution < -0.4 is 9.30 Å². The van der Waals surface area contributed by atoms with Gasteiger partial charge in [0.25, 0.3) is 5.82 Å². The molecule has 6 heteroatoms. The second kappa shape index (κ2) is 6.69. The molecular weight excluding hydrogens is 272 g/mol. The summed E-state index contributed by atoms with van der Waals surface area (Å²) in [6.45, 7) is 0.142.